The van der Waals surface area contributed by atoms with Gasteiger partial charge in [0.05, 0.1) is 7.11 Å². The Bertz CT molecular complexity index is 690. The molecule has 9 heteroatoms. The molecule has 156 valence electrons. The lowest BCUT2D eigenvalue weighted by atomic mass is 10.2. The number of rotatable bonds is 11. The second-order valence-electron chi connectivity index (χ2n) is 5.86. The number of aromatic amines is 1. The van der Waals surface area contributed by atoms with Crippen LogP contribution >= 0.6 is 24.0 Å². The Balaban J connectivity index is 0.00000392. The first kappa shape index (κ1) is 24.2. The van der Waals surface area contributed by atoms with Crippen LogP contribution in [0.3, 0.4) is 0 Å². The van der Waals surface area contributed by atoms with Gasteiger partial charge in [-0.25, -0.2) is 9.98 Å². The zero-order valence-corrected chi connectivity index (χ0v) is 19.2. The number of aliphatic imine (C=N–C) groups is 1. The molecule has 0 amide bonds. The summed E-state index contributed by atoms with van der Waals surface area (Å²) in [5.41, 5.74) is 0.932. The molecule has 0 atom stereocenters. The predicted molar refractivity (Wildman–Crippen MR) is 122 cm³/mol. The average Bonchev–Trinajstić information content (AvgIpc) is 3.17. The van der Waals surface area contributed by atoms with Crippen molar-refractivity contribution in [3.63, 3.8) is 0 Å². The summed E-state index contributed by atoms with van der Waals surface area (Å²) in [6.07, 6.45) is 2.07. The maximum atomic E-state index is 5.35. The SMILES string of the molecule is CCNC(=NCc1nc(-c2ccc(OC)cc2)n[nH]1)NCCCCOCC.I. The van der Waals surface area contributed by atoms with E-state index in [1.807, 2.05) is 38.1 Å². The summed E-state index contributed by atoms with van der Waals surface area (Å²) < 4.78 is 10.5. The molecule has 3 N–H and O–H groups in total. The Morgan fingerprint density at radius 2 is 1.93 bits per heavy atom. The van der Waals surface area contributed by atoms with E-state index < -0.39 is 0 Å². The molecule has 0 aliphatic carbocycles. The summed E-state index contributed by atoms with van der Waals surface area (Å²) in [5.74, 6) is 2.95. The van der Waals surface area contributed by atoms with Crippen LogP contribution in [0.5, 0.6) is 5.75 Å². The average molecular weight is 502 g/mol. The molecule has 0 aliphatic rings. The van der Waals surface area contributed by atoms with Gasteiger partial charge in [-0.15, -0.1) is 24.0 Å². The van der Waals surface area contributed by atoms with Crippen LogP contribution in [0.25, 0.3) is 11.4 Å². The summed E-state index contributed by atoms with van der Waals surface area (Å²) in [5, 5.41) is 13.8. The number of nitrogens with one attached hydrogen (secondary N) is 3. The fraction of sp³-hybridized carbons (Fsp3) is 0.526. The van der Waals surface area contributed by atoms with Crippen molar-refractivity contribution in [2.75, 3.05) is 33.4 Å². The molecule has 0 radical (unpaired) electrons. The van der Waals surface area contributed by atoms with E-state index >= 15 is 0 Å². The number of H-pyrrole nitrogens is 1. The number of hydrogen-bond donors (Lipinski definition) is 3. The molecule has 1 aromatic carbocycles. The van der Waals surface area contributed by atoms with Crippen molar-refractivity contribution in [1.29, 1.82) is 0 Å². The van der Waals surface area contributed by atoms with E-state index in [0.29, 0.717) is 12.4 Å². The number of unbranched alkanes of at least 4 members (excludes halogenated alkanes) is 1. The lowest BCUT2D eigenvalue weighted by Gasteiger charge is -2.10. The van der Waals surface area contributed by atoms with Gasteiger partial charge in [0.1, 0.15) is 18.1 Å². The standard InChI is InChI=1S/C19H30N6O2.HI/c1-4-20-19(21-12-6-7-13-27-5-2)22-14-17-23-18(25-24-17)15-8-10-16(26-3)11-9-15;/h8-11H,4-7,12-14H2,1-3H3,(H2,20,21,22)(H,23,24,25);1H. The van der Waals surface area contributed by atoms with Crippen LogP contribution in [0.2, 0.25) is 0 Å². The fourth-order valence-corrected chi connectivity index (χ4v) is 2.41. The lowest BCUT2D eigenvalue weighted by Crippen LogP contribution is -2.37. The van der Waals surface area contributed by atoms with E-state index in [1.165, 1.54) is 0 Å². The van der Waals surface area contributed by atoms with Crippen LogP contribution in [-0.4, -0.2) is 54.6 Å². The Morgan fingerprint density at radius 3 is 2.61 bits per heavy atom. The largest absolute Gasteiger partial charge is 0.497 e. The number of nitrogens with zero attached hydrogens (tertiary/aromatic N) is 3. The Kier molecular flexibility index (Phi) is 12.2. The molecule has 0 spiro atoms. The Morgan fingerprint density at radius 1 is 1.14 bits per heavy atom. The van der Waals surface area contributed by atoms with E-state index in [1.54, 1.807) is 7.11 Å². The summed E-state index contributed by atoms with van der Waals surface area (Å²) >= 11 is 0. The number of hydrogen-bond acceptors (Lipinski definition) is 5. The molecule has 0 unspecified atom stereocenters. The Hall–Kier alpha value is -1.88. The number of halogens is 1. The van der Waals surface area contributed by atoms with Crippen molar-refractivity contribution >= 4 is 29.9 Å². The summed E-state index contributed by atoms with van der Waals surface area (Å²) in [6.45, 7) is 7.72. The van der Waals surface area contributed by atoms with Gasteiger partial charge in [0, 0.05) is 31.9 Å². The van der Waals surface area contributed by atoms with Crippen molar-refractivity contribution in [2.24, 2.45) is 4.99 Å². The maximum absolute atomic E-state index is 5.35. The van der Waals surface area contributed by atoms with Gasteiger partial charge < -0.3 is 20.1 Å². The summed E-state index contributed by atoms with van der Waals surface area (Å²) in [7, 11) is 1.65. The number of methoxy groups -OCH3 is 1. The van der Waals surface area contributed by atoms with E-state index in [4.69, 9.17) is 9.47 Å². The highest BCUT2D eigenvalue weighted by Crippen LogP contribution is 2.18. The first-order valence-corrected chi connectivity index (χ1v) is 9.42. The molecule has 28 heavy (non-hydrogen) atoms. The van der Waals surface area contributed by atoms with E-state index in [2.05, 4.69) is 30.8 Å². The maximum Gasteiger partial charge on any atom is 0.191 e. The number of aromatic nitrogens is 3. The van der Waals surface area contributed by atoms with E-state index in [-0.39, 0.29) is 24.0 Å². The fourth-order valence-electron chi connectivity index (χ4n) is 2.41. The zero-order valence-electron chi connectivity index (χ0n) is 16.8. The minimum Gasteiger partial charge on any atom is -0.497 e. The van der Waals surface area contributed by atoms with Crippen molar-refractivity contribution < 1.29 is 9.47 Å². The number of guanidine groups is 1. The van der Waals surface area contributed by atoms with Crippen molar-refractivity contribution in [1.82, 2.24) is 25.8 Å². The van der Waals surface area contributed by atoms with Gasteiger partial charge in [0.15, 0.2) is 11.8 Å². The second-order valence-corrected chi connectivity index (χ2v) is 5.86. The highest BCUT2D eigenvalue weighted by atomic mass is 127. The smallest absolute Gasteiger partial charge is 0.191 e. The Labute approximate surface area is 183 Å². The van der Waals surface area contributed by atoms with Crippen LogP contribution < -0.4 is 15.4 Å². The quantitative estimate of drug-likeness (QED) is 0.189. The molecular formula is C19H31IN6O2. The normalized spacial score (nSPS) is 11.0. The topological polar surface area (TPSA) is 96.5 Å². The molecule has 2 aromatic rings. The predicted octanol–water partition coefficient (Wildman–Crippen LogP) is 2.97. The second kappa shape index (κ2) is 14.2. The van der Waals surface area contributed by atoms with Crippen molar-refractivity contribution in [3.8, 4) is 17.1 Å². The summed E-state index contributed by atoms with van der Waals surface area (Å²) in [6, 6.07) is 7.65. The summed E-state index contributed by atoms with van der Waals surface area (Å²) in [4.78, 5) is 9.07. The van der Waals surface area contributed by atoms with Gasteiger partial charge in [0.25, 0.3) is 0 Å². The van der Waals surface area contributed by atoms with Gasteiger partial charge in [-0.2, -0.15) is 5.10 Å². The van der Waals surface area contributed by atoms with Gasteiger partial charge in [-0.1, -0.05) is 0 Å². The highest BCUT2D eigenvalue weighted by Gasteiger charge is 2.06. The minimum atomic E-state index is 0. The lowest BCUT2D eigenvalue weighted by molar-refractivity contribution is 0.143. The molecule has 2 rings (SSSR count). The minimum absolute atomic E-state index is 0. The van der Waals surface area contributed by atoms with Crippen molar-refractivity contribution in [3.05, 3.63) is 30.1 Å². The molecule has 8 nitrogen and oxygen atoms in total. The van der Waals surface area contributed by atoms with Crippen LogP contribution in [0.4, 0.5) is 0 Å². The first-order chi connectivity index (χ1) is 13.3. The third kappa shape index (κ3) is 8.42. The number of ether oxygens (including phenoxy) is 2. The third-order valence-electron chi connectivity index (χ3n) is 3.82. The van der Waals surface area contributed by atoms with Gasteiger partial charge in [0.2, 0.25) is 0 Å². The van der Waals surface area contributed by atoms with Crippen LogP contribution in [0.1, 0.15) is 32.5 Å². The third-order valence-corrected chi connectivity index (χ3v) is 3.82. The molecule has 0 aliphatic heterocycles. The molecule has 0 saturated heterocycles. The number of benzene rings is 1. The van der Waals surface area contributed by atoms with Gasteiger partial charge in [-0.3, -0.25) is 5.10 Å². The first-order valence-electron chi connectivity index (χ1n) is 9.42. The van der Waals surface area contributed by atoms with Crippen LogP contribution in [-0.2, 0) is 11.3 Å². The zero-order chi connectivity index (χ0) is 19.3. The molecule has 1 aromatic heterocycles. The molecule has 0 fully saturated rings. The van der Waals surface area contributed by atoms with E-state index in [0.717, 1.165) is 62.2 Å². The van der Waals surface area contributed by atoms with Crippen molar-refractivity contribution in [2.45, 2.75) is 33.2 Å². The molecule has 0 saturated carbocycles. The highest BCUT2D eigenvalue weighted by molar-refractivity contribution is 14.0. The van der Waals surface area contributed by atoms with Gasteiger partial charge >= 0.3 is 0 Å². The van der Waals surface area contributed by atoms with Crippen LogP contribution in [0, 0.1) is 0 Å². The monoisotopic (exact) mass is 502 g/mol. The van der Waals surface area contributed by atoms with Crippen LogP contribution in [0.15, 0.2) is 29.3 Å². The molecule has 1 heterocycles. The van der Waals surface area contributed by atoms with Gasteiger partial charge in [-0.05, 0) is 51.0 Å². The molecule has 0 bridgehead atoms. The molecular weight excluding hydrogens is 471 g/mol. The van der Waals surface area contributed by atoms with E-state index in [9.17, 15) is 0 Å².